The van der Waals surface area contributed by atoms with Gasteiger partial charge in [0.1, 0.15) is 0 Å². The Kier molecular flexibility index (Phi) is 1.18. The maximum absolute atomic E-state index is 11.6. The fourth-order valence-corrected chi connectivity index (χ4v) is 1.82. The fraction of sp³-hybridized carbons (Fsp3) is 0.200. The van der Waals surface area contributed by atoms with E-state index in [4.69, 9.17) is 0 Å². The zero-order valence-corrected chi connectivity index (χ0v) is 6.97. The number of amides is 1. The van der Waals surface area contributed by atoms with E-state index in [0.717, 1.165) is 0 Å². The lowest BCUT2D eigenvalue weighted by Gasteiger charge is -2.20. The van der Waals surface area contributed by atoms with Crippen molar-refractivity contribution in [2.45, 2.75) is 5.50 Å². The first kappa shape index (κ1) is 6.89. The Hall–Kier alpha value is -1.57. The van der Waals surface area contributed by atoms with Gasteiger partial charge in [-0.1, -0.05) is 11.8 Å². The number of nitrogens with zero attached hydrogens (tertiary/aromatic N) is 6. The third-order valence-electron chi connectivity index (χ3n) is 1.70. The van der Waals surface area contributed by atoms with Crippen LogP contribution in [0.2, 0.25) is 0 Å². The van der Waals surface area contributed by atoms with Crippen LogP contribution in [-0.4, -0.2) is 33.5 Å². The van der Waals surface area contributed by atoms with Crippen molar-refractivity contribution in [3.8, 4) is 0 Å². The van der Waals surface area contributed by atoms with Crippen LogP contribution < -0.4 is 0 Å². The molecule has 0 saturated heterocycles. The molecule has 1 unspecified atom stereocenters. The van der Waals surface area contributed by atoms with E-state index in [0.29, 0.717) is 5.84 Å². The van der Waals surface area contributed by atoms with Gasteiger partial charge in [0.05, 0.1) is 5.55 Å². The molecule has 1 atom stereocenters. The van der Waals surface area contributed by atoms with Crippen LogP contribution in [0.1, 0.15) is 0 Å². The first-order chi connectivity index (χ1) is 6.36. The average Bonchev–Trinajstić information content (AvgIpc) is 2.71. The summed E-state index contributed by atoms with van der Waals surface area (Å²) in [6.07, 6.45) is 0. The summed E-state index contributed by atoms with van der Waals surface area (Å²) in [7, 11) is 0. The Morgan fingerprint density at radius 3 is 3.38 bits per heavy atom. The van der Waals surface area contributed by atoms with Crippen molar-refractivity contribution in [3.05, 3.63) is 0 Å². The maximum atomic E-state index is 11.6. The van der Waals surface area contributed by atoms with Crippen LogP contribution in [0.5, 0.6) is 0 Å². The molecule has 3 aliphatic heterocycles. The summed E-state index contributed by atoms with van der Waals surface area (Å²) < 4.78 is 0. The molecule has 0 aromatic carbocycles. The second-order valence-electron chi connectivity index (χ2n) is 2.42. The van der Waals surface area contributed by atoms with Crippen molar-refractivity contribution in [1.29, 1.82) is 0 Å². The van der Waals surface area contributed by atoms with E-state index >= 15 is 0 Å². The quantitative estimate of drug-likeness (QED) is 0.544. The normalized spacial score (nSPS) is 28.8. The van der Waals surface area contributed by atoms with Crippen LogP contribution in [0.15, 0.2) is 25.5 Å². The van der Waals surface area contributed by atoms with Crippen molar-refractivity contribution < 1.29 is 4.79 Å². The second kappa shape index (κ2) is 2.22. The van der Waals surface area contributed by atoms with Gasteiger partial charge in [-0.15, -0.1) is 10.2 Å². The Morgan fingerprint density at radius 2 is 2.46 bits per heavy atom. The molecule has 0 aliphatic carbocycles. The highest BCUT2D eigenvalue weighted by molar-refractivity contribution is 8.12. The lowest BCUT2D eigenvalue weighted by molar-refractivity contribution is -0.124. The van der Waals surface area contributed by atoms with Gasteiger partial charge >= 0.3 is 5.91 Å². The smallest absolute Gasteiger partial charge is 0.265 e. The van der Waals surface area contributed by atoms with Crippen molar-refractivity contribution >= 4 is 34.8 Å². The van der Waals surface area contributed by atoms with Gasteiger partial charge in [0.15, 0.2) is 5.50 Å². The molecule has 0 N–H and O–H groups in total. The molecule has 3 heterocycles. The maximum Gasteiger partial charge on any atom is 0.301 e. The summed E-state index contributed by atoms with van der Waals surface area (Å²) in [6.45, 7) is 0. The minimum absolute atomic E-state index is 0.177. The molecule has 7 nitrogen and oxygen atoms in total. The van der Waals surface area contributed by atoms with E-state index in [1.807, 2.05) is 0 Å². The highest BCUT2D eigenvalue weighted by Gasteiger charge is 2.39. The van der Waals surface area contributed by atoms with Crippen LogP contribution in [0, 0.1) is 0 Å². The summed E-state index contributed by atoms with van der Waals surface area (Å²) in [6, 6.07) is 0. The topological polar surface area (TPSA) is 82.1 Å². The Labute approximate surface area is 76.3 Å². The van der Waals surface area contributed by atoms with Gasteiger partial charge in [-0.2, -0.15) is 10.1 Å². The molecule has 3 aliphatic rings. The summed E-state index contributed by atoms with van der Waals surface area (Å²) >= 11 is 1.35. The number of hydrogen-bond donors (Lipinski definition) is 0. The minimum Gasteiger partial charge on any atom is -0.265 e. The number of aliphatic imine (C=N–C) groups is 1. The number of hydrogen-bond acceptors (Lipinski definition) is 7. The molecular weight excluding hydrogens is 192 g/mol. The largest absolute Gasteiger partial charge is 0.301 e. The molecule has 0 bridgehead atoms. The molecule has 64 valence electrons. The van der Waals surface area contributed by atoms with Crippen LogP contribution >= 0.6 is 11.8 Å². The van der Waals surface area contributed by atoms with Gasteiger partial charge < -0.3 is 0 Å². The standard InChI is InChI=1S/C5H2N6OS/c12-4-2-3(9-10-8-2)7-5-11(4)6-1-13-5/h1,5H. The Bertz CT molecular complexity index is 409. The Morgan fingerprint density at radius 1 is 1.54 bits per heavy atom. The predicted molar refractivity (Wildman–Crippen MR) is 46.4 cm³/mol. The number of amidine groups is 1. The number of carbonyl (C=O) groups excluding carboxylic acids is 1. The molecule has 13 heavy (non-hydrogen) atoms. The van der Waals surface area contributed by atoms with E-state index in [9.17, 15) is 4.79 Å². The van der Waals surface area contributed by atoms with Crippen LogP contribution in [0.25, 0.3) is 0 Å². The lowest BCUT2D eigenvalue weighted by atomic mass is 10.3. The summed E-state index contributed by atoms with van der Waals surface area (Å²) in [5.41, 5.74) is 1.43. The van der Waals surface area contributed by atoms with Gasteiger partial charge in [-0.05, 0) is 5.22 Å². The number of thioether (sulfide) groups is 1. The van der Waals surface area contributed by atoms with E-state index in [2.05, 4.69) is 25.5 Å². The number of rotatable bonds is 0. The van der Waals surface area contributed by atoms with Crippen LogP contribution in [0.3, 0.4) is 0 Å². The van der Waals surface area contributed by atoms with Crippen molar-refractivity contribution in [1.82, 2.24) is 5.01 Å². The number of hydrazone groups is 1. The zero-order chi connectivity index (χ0) is 8.84. The first-order valence-corrected chi connectivity index (χ1v) is 4.39. The second-order valence-corrected chi connectivity index (χ2v) is 3.33. The average molecular weight is 194 g/mol. The van der Waals surface area contributed by atoms with Crippen molar-refractivity contribution in [2.75, 3.05) is 0 Å². The molecule has 0 spiro atoms. The molecule has 1 amide bonds. The van der Waals surface area contributed by atoms with Crippen LogP contribution in [-0.2, 0) is 4.79 Å². The van der Waals surface area contributed by atoms with Crippen molar-refractivity contribution in [2.24, 2.45) is 25.5 Å². The van der Waals surface area contributed by atoms with Gasteiger partial charge in [-0.3, -0.25) is 4.79 Å². The molecule has 0 saturated carbocycles. The molecule has 0 aromatic heterocycles. The molecule has 0 fully saturated rings. The molecule has 0 radical (unpaired) electrons. The highest BCUT2D eigenvalue weighted by atomic mass is 32.2. The zero-order valence-electron chi connectivity index (χ0n) is 6.15. The summed E-state index contributed by atoms with van der Waals surface area (Å²) in [4.78, 5) is 15.7. The van der Waals surface area contributed by atoms with E-state index in [1.54, 1.807) is 5.55 Å². The van der Waals surface area contributed by atoms with Crippen molar-refractivity contribution in [3.63, 3.8) is 0 Å². The molecule has 3 rings (SSSR count). The molecule has 0 aromatic rings. The monoisotopic (exact) mass is 194 g/mol. The predicted octanol–water partition coefficient (Wildman–Crippen LogP) is 0.0226. The fourth-order valence-electron chi connectivity index (χ4n) is 1.12. The third kappa shape index (κ3) is 0.800. The summed E-state index contributed by atoms with van der Waals surface area (Å²) in [5.74, 6) is 0.0190. The number of carbonyl (C=O) groups is 1. The first-order valence-electron chi connectivity index (χ1n) is 3.44. The van der Waals surface area contributed by atoms with Gasteiger partial charge in [-0.25, -0.2) is 4.99 Å². The number of fused-ring (bicyclic) bond motifs is 2. The highest BCUT2D eigenvalue weighted by Crippen LogP contribution is 2.27. The lowest BCUT2D eigenvalue weighted by Crippen LogP contribution is -2.42. The van der Waals surface area contributed by atoms with Gasteiger partial charge in [0, 0.05) is 0 Å². The Balaban J connectivity index is 2.13. The SMILES string of the molecule is O=C1C2=NN=NC2=NC2SC=NN12. The van der Waals surface area contributed by atoms with Crippen LogP contribution in [0.4, 0.5) is 0 Å². The molecule has 8 heteroatoms. The van der Waals surface area contributed by atoms with Gasteiger partial charge in [0.2, 0.25) is 11.5 Å². The van der Waals surface area contributed by atoms with E-state index < -0.39 is 0 Å². The van der Waals surface area contributed by atoms with Gasteiger partial charge in [0.25, 0.3) is 0 Å². The third-order valence-corrected chi connectivity index (χ3v) is 2.47. The van der Waals surface area contributed by atoms with E-state index in [-0.39, 0.29) is 17.1 Å². The minimum atomic E-state index is -0.321. The molecular formula is C5H2N6OS. The summed E-state index contributed by atoms with van der Waals surface area (Å²) in [5, 5.41) is 15.7. The van der Waals surface area contributed by atoms with E-state index in [1.165, 1.54) is 16.8 Å².